The largest absolute Gasteiger partial charge is 0.339 e. The Morgan fingerprint density at radius 1 is 1.12 bits per heavy atom. The Kier molecular flexibility index (Phi) is 5.44. The van der Waals surface area contributed by atoms with Crippen molar-refractivity contribution in [3.05, 3.63) is 12.7 Å². The lowest BCUT2D eigenvalue weighted by atomic mass is 9.98. The van der Waals surface area contributed by atoms with E-state index in [1.165, 1.54) is 6.42 Å². The van der Waals surface area contributed by atoms with Gasteiger partial charge in [0.05, 0.1) is 6.54 Å². The van der Waals surface area contributed by atoms with Crippen LogP contribution >= 0.6 is 0 Å². The van der Waals surface area contributed by atoms with Crippen LogP contribution in [0.3, 0.4) is 0 Å². The molecular formula is C16H26N6O2. The molecule has 3 rings (SSSR count). The SMILES string of the molecule is CC(=O)N1CCN(C(=O)CN2CCC[C@H](Cn3cncn3)C2)CC1. The molecule has 0 aliphatic carbocycles. The van der Waals surface area contributed by atoms with E-state index in [0.29, 0.717) is 38.6 Å². The van der Waals surface area contributed by atoms with Gasteiger partial charge in [-0.05, 0) is 25.3 Å². The highest BCUT2D eigenvalue weighted by atomic mass is 16.2. The number of amides is 2. The van der Waals surface area contributed by atoms with Crippen molar-refractivity contribution in [1.29, 1.82) is 0 Å². The fraction of sp³-hybridized carbons (Fsp3) is 0.750. The van der Waals surface area contributed by atoms with Gasteiger partial charge in [0.2, 0.25) is 11.8 Å². The zero-order valence-corrected chi connectivity index (χ0v) is 14.3. The van der Waals surface area contributed by atoms with Crippen molar-refractivity contribution in [2.45, 2.75) is 26.3 Å². The molecule has 2 fully saturated rings. The average molecular weight is 334 g/mol. The normalized spacial score (nSPS) is 22.6. The third-order valence-electron chi connectivity index (χ3n) is 4.95. The lowest BCUT2D eigenvalue weighted by molar-refractivity contribution is -0.139. The zero-order chi connectivity index (χ0) is 16.9. The molecule has 3 heterocycles. The van der Waals surface area contributed by atoms with Crippen molar-refractivity contribution in [3.63, 3.8) is 0 Å². The first kappa shape index (κ1) is 16.9. The molecule has 2 saturated heterocycles. The molecule has 0 radical (unpaired) electrons. The number of hydrogen-bond acceptors (Lipinski definition) is 5. The lowest BCUT2D eigenvalue weighted by Gasteiger charge is -2.37. The van der Waals surface area contributed by atoms with E-state index in [0.717, 1.165) is 26.1 Å². The van der Waals surface area contributed by atoms with Crippen molar-refractivity contribution in [3.8, 4) is 0 Å². The predicted octanol–water partition coefficient (Wildman–Crippen LogP) is -0.319. The van der Waals surface area contributed by atoms with Crippen LogP contribution in [-0.2, 0) is 16.1 Å². The summed E-state index contributed by atoms with van der Waals surface area (Å²) >= 11 is 0. The second-order valence-electron chi connectivity index (χ2n) is 6.75. The standard InChI is InChI=1S/C16H26N6O2/c1-14(23)20-5-7-21(8-6-20)16(24)11-19-4-2-3-15(9-19)10-22-13-17-12-18-22/h12-13,15H,2-11H2,1H3/t15-/m0/s1. The van der Waals surface area contributed by atoms with Gasteiger partial charge in [0.15, 0.2) is 0 Å². The molecule has 1 atom stereocenters. The molecule has 0 bridgehead atoms. The molecule has 0 unspecified atom stereocenters. The molecule has 0 saturated carbocycles. The Hall–Kier alpha value is -1.96. The molecule has 24 heavy (non-hydrogen) atoms. The molecule has 2 amide bonds. The summed E-state index contributed by atoms with van der Waals surface area (Å²) in [4.78, 5) is 33.8. The van der Waals surface area contributed by atoms with Crippen molar-refractivity contribution in [2.75, 3.05) is 45.8 Å². The van der Waals surface area contributed by atoms with Gasteiger partial charge in [0.25, 0.3) is 0 Å². The van der Waals surface area contributed by atoms with Crippen LogP contribution in [0.2, 0.25) is 0 Å². The zero-order valence-electron chi connectivity index (χ0n) is 14.3. The number of likely N-dealkylation sites (tertiary alicyclic amines) is 1. The summed E-state index contributed by atoms with van der Waals surface area (Å²) < 4.78 is 1.87. The van der Waals surface area contributed by atoms with Crippen LogP contribution in [0.1, 0.15) is 19.8 Å². The Labute approximate surface area is 142 Å². The van der Waals surface area contributed by atoms with Gasteiger partial charge >= 0.3 is 0 Å². The quantitative estimate of drug-likeness (QED) is 0.754. The maximum Gasteiger partial charge on any atom is 0.236 e. The number of rotatable bonds is 4. The number of nitrogens with zero attached hydrogens (tertiary/aromatic N) is 6. The minimum absolute atomic E-state index is 0.0917. The number of hydrogen-bond donors (Lipinski definition) is 0. The Morgan fingerprint density at radius 2 is 1.88 bits per heavy atom. The van der Waals surface area contributed by atoms with E-state index in [4.69, 9.17) is 0 Å². The summed E-state index contributed by atoms with van der Waals surface area (Å²) in [6.45, 7) is 7.43. The van der Waals surface area contributed by atoms with Crippen LogP contribution in [-0.4, -0.2) is 87.1 Å². The van der Waals surface area contributed by atoms with Crippen molar-refractivity contribution >= 4 is 11.8 Å². The topological polar surface area (TPSA) is 74.6 Å². The highest BCUT2D eigenvalue weighted by Crippen LogP contribution is 2.18. The summed E-state index contributed by atoms with van der Waals surface area (Å²) in [7, 11) is 0. The van der Waals surface area contributed by atoms with Crippen LogP contribution in [0.15, 0.2) is 12.7 Å². The second-order valence-corrected chi connectivity index (χ2v) is 6.75. The number of piperidine rings is 1. The first-order chi connectivity index (χ1) is 11.6. The first-order valence-corrected chi connectivity index (χ1v) is 8.70. The Morgan fingerprint density at radius 3 is 2.54 bits per heavy atom. The summed E-state index contributed by atoms with van der Waals surface area (Å²) in [6.07, 6.45) is 5.59. The first-order valence-electron chi connectivity index (χ1n) is 8.70. The summed E-state index contributed by atoms with van der Waals surface area (Å²) in [6, 6.07) is 0. The monoisotopic (exact) mass is 334 g/mol. The third-order valence-corrected chi connectivity index (χ3v) is 4.95. The third kappa shape index (κ3) is 4.31. The van der Waals surface area contributed by atoms with Gasteiger partial charge in [-0.15, -0.1) is 0 Å². The van der Waals surface area contributed by atoms with Gasteiger partial charge in [0, 0.05) is 46.2 Å². The van der Waals surface area contributed by atoms with Crippen molar-refractivity contribution < 1.29 is 9.59 Å². The van der Waals surface area contributed by atoms with E-state index in [-0.39, 0.29) is 11.8 Å². The highest BCUT2D eigenvalue weighted by Gasteiger charge is 2.26. The van der Waals surface area contributed by atoms with Crippen LogP contribution < -0.4 is 0 Å². The van der Waals surface area contributed by atoms with E-state index in [2.05, 4.69) is 15.0 Å². The Balaban J connectivity index is 1.45. The maximum atomic E-state index is 12.5. The second kappa shape index (κ2) is 7.74. The van der Waals surface area contributed by atoms with Crippen LogP contribution in [0, 0.1) is 5.92 Å². The van der Waals surface area contributed by atoms with Crippen LogP contribution in [0.5, 0.6) is 0 Å². The van der Waals surface area contributed by atoms with Gasteiger partial charge in [-0.3, -0.25) is 19.2 Å². The van der Waals surface area contributed by atoms with E-state index < -0.39 is 0 Å². The van der Waals surface area contributed by atoms with Crippen LogP contribution in [0.25, 0.3) is 0 Å². The molecule has 0 N–H and O–H groups in total. The van der Waals surface area contributed by atoms with Crippen molar-refractivity contribution in [2.24, 2.45) is 5.92 Å². The molecule has 132 valence electrons. The van der Waals surface area contributed by atoms with Crippen molar-refractivity contribution in [1.82, 2.24) is 29.5 Å². The molecule has 1 aromatic rings. The molecule has 0 spiro atoms. The number of carbonyl (C=O) groups is 2. The molecular weight excluding hydrogens is 308 g/mol. The summed E-state index contributed by atoms with van der Waals surface area (Å²) in [5.41, 5.74) is 0. The van der Waals surface area contributed by atoms with Gasteiger partial charge in [-0.25, -0.2) is 4.98 Å². The Bertz CT molecular complexity index is 553. The molecule has 0 aromatic carbocycles. The lowest BCUT2D eigenvalue weighted by Crippen LogP contribution is -2.53. The van der Waals surface area contributed by atoms with Gasteiger partial charge in [-0.2, -0.15) is 5.10 Å². The summed E-state index contributed by atoms with van der Waals surface area (Å²) in [5.74, 6) is 0.788. The van der Waals surface area contributed by atoms with Crippen LogP contribution in [0.4, 0.5) is 0 Å². The van der Waals surface area contributed by atoms with Gasteiger partial charge in [-0.1, -0.05) is 0 Å². The van der Waals surface area contributed by atoms with E-state index >= 15 is 0 Å². The molecule has 8 nitrogen and oxygen atoms in total. The number of piperazine rings is 1. The highest BCUT2D eigenvalue weighted by molar-refractivity contribution is 5.79. The molecule has 1 aromatic heterocycles. The minimum atomic E-state index is 0.0917. The summed E-state index contributed by atoms with van der Waals surface area (Å²) in [5, 5.41) is 4.17. The fourth-order valence-corrected chi connectivity index (χ4v) is 3.60. The smallest absolute Gasteiger partial charge is 0.236 e. The number of carbonyl (C=O) groups excluding carboxylic acids is 2. The minimum Gasteiger partial charge on any atom is -0.339 e. The van der Waals surface area contributed by atoms with Gasteiger partial charge < -0.3 is 9.80 Å². The van der Waals surface area contributed by atoms with E-state index in [1.807, 2.05) is 9.58 Å². The van der Waals surface area contributed by atoms with Gasteiger partial charge in [0.1, 0.15) is 12.7 Å². The fourth-order valence-electron chi connectivity index (χ4n) is 3.60. The van der Waals surface area contributed by atoms with E-state index in [1.54, 1.807) is 24.5 Å². The molecule has 2 aliphatic heterocycles. The molecule has 8 heteroatoms. The number of aromatic nitrogens is 3. The molecule has 2 aliphatic rings. The maximum absolute atomic E-state index is 12.5. The predicted molar refractivity (Wildman–Crippen MR) is 88.0 cm³/mol. The van der Waals surface area contributed by atoms with E-state index in [9.17, 15) is 9.59 Å². The average Bonchev–Trinajstić information content (AvgIpc) is 3.08.